The fourth-order valence-corrected chi connectivity index (χ4v) is 6.24. The summed E-state index contributed by atoms with van der Waals surface area (Å²) >= 11 is 0. The molecule has 1 aliphatic carbocycles. The topological polar surface area (TPSA) is 32.7 Å². The molecule has 1 aromatic rings. The van der Waals surface area contributed by atoms with E-state index >= 15 is 0 Å². The second kappa shape index (κ2) is 9.86. The predicted octanol–water partition coefficient (Wildman–Crippen LogP) is 7.49. The molecule has 1 aromatic carbocycles. The van der Waals surface area contributed by atoms with Gasteiger partial charge in [-0.25, -0.2) is 0 Å². The summed E-state index contributed by atoms with van der Waals surface area (Å²) in [5, 5.41) is 11.3. The summed E-state index contributed by atoms with van der Waals surface area (Å²) in [7, 11) is 0. The van der Waals surface area contributed by atoms with Crippen LogP contribution in [-0.4, -0.2) is 35.2 Å². The van der Waals surface area contributed by atoms with Gasteiger partial charge in [0.2, 0.25) is 0 Å². The third-order valence-electron chi connectivity index (χ3n) is 8.39. The zero-order valence-electron chi connectivity index (χ0n) is 21.6. The summed E-state index contributed by atoms with van der Waals surface area (Å²) in [6.45, 7) is 14.6. The molecule has 0 saturated carbocycles. The van der Waals surface area contributed by atoms with Gasteiger partial charge in [-0.15, -0.1) is 0 Å². The van der Waals surface area contributed by atoms with Crippen molar-refractivity contribution in [3.8, 4) is 11.5 Å². The van der Waals surface area contributed by atoms with Crippen LogP contribution in [0.5, 0.6) is 11.5 Å². The van der Waals surface area contributed by atoms with E-state index in [9.17, 15) is 5.11 Å². The van der Waals surface area contributed by atoms with E-state index in [-0.39, 0.29) is 11.0 Å². The van der Waals surface area contributed by atoms with Crippen molar-refractivity contribution >= 4 is 0 Å². The van der Waals surface area contributed by atoms with E-state index in [1.807, 2.05) is 6.07 Å². The Balaban J connectivity index is 1.58. The lowest BCUT2D eigenvalue weighted by Crippen LogP contribution is -2.46. The Morgan fingerprint density at radius 2 is 1.97 bits per heavy atom. The van der Waals surface area contributed by atoms with E-state index in [2.05, 4.69) is 63.8 Å². The van der Waals surface area contributed by atoms with Crippen molar-refractivity contribution in [1.82, 2.24) is 4.90 Å². The zero-order valence-corrected chi connectivity index (χ0v) is 21.6. The highest BCUT2D eigenvalue weighted by Crippen LogP contribution is 2.55. The fraction of sp³-hybridized carbons (Fsp3) is 0.667. The van der Waals surface area contributed by atoms with Crippen LogP contribution in [0.25, 0.3) is 0 Å². The quantitative estimate of drug-likeness (QED) is 0.328. The number of fused-ring (bicyclic) bond motifs is 3. The van der Waals surface area contributed by atoms with Gasteiger partial charge in [-0.3, -0.25) is 4.90 Å². The van der Waals surface area contributed by atoms with Crippen molar-refractivity contribution in [3.05, 3.63) is 47.1 Å². The number of aromatic hydroxyl groups is 1. The van der Waals surface area contributed by atoms with E-state index in [1.54, 1.807) is 0 Å². The first-order valence-corrected chi connectivity index (χ1v) is 13.3. The molecule has 0 spiro atoms. The van der Waals surface area contributed by atoms with E-state index in [4.69, 9.17) is 4.74 Å². The predicted molar refractivity (Wildman–Crippen MR) is 138 cm³/mol. The summed E-state index contributed by atoms with van der Waals surface area (Å²) in [5.74, 6) is 2.08. The molecule has 33 heavy (non-hydrogen) atoms. The van der Waals surface area contributed by atoms with Crippen LogP contribution in [0.15, 0.2) is 35.9 Å². The Kier molecular flexibility index (Phi) is 7.29. The molecular formula is C30H45NO2. The molecule has 2 atom stereocenters. The van der Waals surface area contributed by atoms with E-state index in [0.717, 1.165) is 56.6 Å². The molecule has 0 radical (unpaired) electrons. The number of hydrogen-bond acceptors (Lipinski definition) is 3. The molecule has 0 amide bonds. The second-order valence-corrected chi connectivity index (χ2v) is 11.8. The van der Waals surface area contributed by atoms with Crippen molar-refractivity contribution in [2.75, 3.05) is 19.6 Å². The second-order valence-electron chi connectivity index (χ2n) is 11.8. The lowest BCUT2D eigenvalue weighted by atomic mass is 9.66. The number of hydrogen-bond donors (Lipinski definition) is 1. The highest BCUT2D eigenvalue weighted by Gasteiger charge is 2.46. The van der Waals surface area contributed by atoms with Gasteiger partial charge in [0.25, 0.3) is 0 Å². The maximum Gasteiger partial charge on any atom is 0.127 e. The Hall–Kier alpha value is -1.74. The first-order chi connectivity index (χ1) is 15.7. The van der Waals surface area contributed by atoms with Gasteiger partial charge in [-0.05, 0) is 62.6 Å². The molecular weight excluding hydrogens is 406 g/mol. The standard InChI is InChI=1S/C30H45NO2/c1-6-7-8-10-15-29(2,3)23-19-26(32)28-24-18-22(21-31-16-11-9-12-17-31)13-14-25(24)30(4,5)33-27(28)20-23/h9,11,13,19-20,24-25,32H,6-8,10,12,14-18,21H2,1-5H3/t24?,25-/m0/s1. The van der Waals surface area contributed by atoms with Gasteiger partial charge in [0, 0.05) is 37.0 Å². The van der Waals surface area contributed by atoms with E-state index < -0.39 is 0 Å². The number of nitrogens with zero attached hydrogens (tertiary/aromatic N) is 1. The van der Waals surface area contributed by atoms with E-state index in [0.29, 0.717) is 17.6 Å². The van der Waals surface area contributed by atoms with Crippen LogP contribution >= 0.6 is 0 Å². The van der Waals surface area contributed by atoms with Crippen LogP contribution in [0.3, 0.4) is 0 Å². The molecule has 4 rings (SSSR count). The number of unbranched alkanes of at least 4 members (excludes halogenated alkanes) is 3. The average molecular weight is 452 g/mol. The van der Waals surface area contributed by atoms with Crippen LogP contribution in [0, 0.1) is 5.92 Å². The lowest BCUT2D eigenvalue weighted by Gasteiger charge is -2.47. The molecule has 0 fully saturated rings. The minimum absolute atomic E-state index is 0.0318. The van der Waals surface area contributed by atoms with Crippen molar-refractivity contribution in [2.45, 2.75) is 103 Å². The van der Waals surface area contributed by atoms with Gasteiger partial charge >= 0.3 is 0 Å². The van der Waals surface area contributed by atoms with Crippen LogP contribution in [-0.2, 0) is 5.41 Å². The fourth-order valence-electron chi connectivity index (χ4n) is 6.24. The molecule has 3 aliphatic rings. The normalized spacial score (nSPS) is 24.6. The van der Waals surface area contributed by atoms with Gasteiger partial charge in [0.1, 0.15) is 17.1 Å². The largest absolute Gasteiger partial charge is 0.508 e. The Morgan fingerprint density at radius 1 is 1.15 bits per heavy atom. The zero-order chi connectivity index (χ0) is 23.6. The van der Waals surface area contributed by atoms with Gasteiger partial charge in [-0.1, -0.05) is 70.3 Å². The molecule has 182 valence electrons. The minimum Gasteiger partial charge on any atom is -0.508 e. The van der Waals surface area contributed by atoms with Gasteiger partial charge in [0.15, 0.2) is 0 Å². The summed E-state index contributed by atoms with van der Waals surface area (Å²) in [6.07, 6.45) is 16.5. The number of phenolic OH excluding ortho intramolecular Hbond substituents is 1. The van der Waals surface area contributed by atoms with Crippen molar-refractivity contribution in [2.24, 2.45) is 5.92 Å². The molecule has 3 heteroatoms. The highest BCUT2D eigenvalue weighted by molar-refractivity contribution is 5.54. The van der Waals surface area contributed by atoms with Crippen LogP contribution in [0.4, 0.5) is 0 Å². The molecule has 0 saturated heterocycles. The Bertz CT molecular complexity index is 895. The summed E-state index contributed by atoms with van der Waals surface area (Å²) < 4.78 is 6.62. The third kappa shape index (κ3) is 5.34. The number of allylic oxidation sites excluding steroid dienone is 1. The Morgan fingerprint density at radius 3 is 2.70 bits per heavy atom. The van der Waals surface area contributed by atoms with Gasteiger partial charge in [-0.2, -0.15) is 0 Å². The Labute approximate surface area is 201 Å². The molecule has 2 heterocycles. The summed E-state index contributed by atoms with van der Waals surface area (Å²) in [5.41, 5.74) is 3.58. The SMILES string of the molecule is CCCCCCC(C)(C)c1cc(O)c2c(c1)OC(C)(C)[C@H]1CC=C(CN3CC=CCC3)CC21. The third-order valence-corrected chi connectivity index (χ3v) is 8.39. The first-order valence-electron chi connectivity index (χ1n) is 13.3. The van der Waals surface area contributed by atoms with Crippen LogP contribution in [0.1, 0.15) is 103 Å². The summed E-state index contributed by atoms with van der Waals surface area (Å²) in [4.78, 5) is 2.54. The molecule has 1 N–H and O–H groups in total. The van der Waals surface area contributed by atoms with Crippen LogP contribution in [0.2, 0.25) is 0 Å². The number of rotatable bonds is 8. The molecule has 0 bridgehead atoms. The van der Waals surface area contributed by atoms with Crippen LogP contribution < -0.4 is 4.74 Å². The minimum atomic E-state index is -0.232. The highest BCUT2D eigenvalue weighted by atomic mass is 16.5. The first kappa shape index (κ1) is 24.4. The lowest BCUT2D eigenvalue weighted by molar-refractivity contribution is 0.00690. The van der Waals surface area contributed by atoms with Gasteiger partial charge in [0.05, 0.1) is 0 Å². The number of benzene rings is 1. The molecule has 0 aromatic heterocycles. The van der Waals surface area contributed by atoms with Gasteiger partial charge < -0.3 is 9.84 Å². The monoisotopic (exact) mass is 451 g/mol. The molecule has 3 nitrogen and oxygen atoms in total. The number of phenols is 1. The molecule has 1 unspecified atom stereocenters. The van der Waals surface area contributed by atoms with Crippen molar-refractivity contribution in [3.63, 3.8) is 0 Å². The maximum absolute atomic E-state index is 11.3. The number of ether oxygens (including phenoxy) is 1. The van der Waals surface area contributed by atoms with Crippen molar-refractivity contribution < 1.29 is 9.84 Å². The van der Waals surface area contributed by atoms with Crippen molar-refractivity contribution in [1.29, 1.82) is 0 Å². The maximum atomic E-state index is 11.3. The van der Waals surface area contributed by atoms with E-state index in [1.165, 1.54) is 36.8 Å². The molecule has 2 aliphatic heterocycles. The average Bonchev–Trinajstić information content (AvgIpc) is 2.76. The summed E-state index contributed by atoms with van der Waals surface area (Å²) in [6, 6.07) is 4.30. The smallest absolute Gasteiger partial charge is 0.127 e.